The number of carbonyl (C=O) groups excluding carboxylic acids is 3. The lowest BCUT2D eigenvalue weighted by atomic mass is 9.93. The van der Waals surface area contributed by atoms with Crippen LogP contribution in [0, 0.1) is 0 Å². The van der Waals surface area contributed by atoms with Crippen LogP contribution < -0.4 is 5.73 Å². The lowest BCUT2D eigenvalue weighted by Crippen LogP contribution is -2.53. The van der Waals surface area contributed by atoms with Crippen molar-refractivity contribution in [2.45, 2.75) is 31.8 Å². The van der Waals surface area contributed by atoms with Gasteiger partial charge in [-0.1, -0.05) is 24.3 Å². The van der Waals surface area contributed by atoms with Gasteiger partial charge in [-0.05, 0) is 11.1 Å². The van der Waals surface area contributed by atoms with E-state index in [4.69, 9.17) is 5.73 Å². The number of primary amides is 1. The largest absolute Gasteiger partial charge is 0.368 e. The van der Waals surface area contributed by atoms with Crippen molar-refractivity contribution in [2.75, 3.05) is 7.05 Å². The number of carbonyl (C=O) groups is 3. The molecule has 1 unspecified atom stereocenters. The molecule has 120 valence electrons. The molecule has 2 aliphatic rings. The summed E-state index contributed by atoms with van der Waals surface area (Å²) >= 11 is 0. The number of nitrogens with two attached hydrogens (primary N) is 1. The Morgan fingerprint density at radius 3 is 2.57 bits per heavy atom. The molecule has 0 aromatic heterocycles. The Labute approximate surface area is 133 Å². The third-order valence-electron chi connectivity index (χ3n) is 4.29. The summed E-state index contributed by atoms with van der Waals surface area (Å²) in [6.45, 7) is 0.319. The zero-order valence-corrected chi connectivity index (χ0v) is 12.9. The highest BCUT2D eigenvalue weighted by atomic mass is 16.2. The second-order valence-electron chi connectivity index (χ2n) is 5.79. The maximum Gasteiger partial charge on any atom is 0.271 e. The molecule has 0 saturated carbocycles. The lowest BCUT2D eigenvalue weighted by Gasteiger charge is -2.35. The minimum atomic E-state index is -0.692. The Balaban J connectivity index is 1.91. The first-order valence-corrected chi connectivity index (χ1v) is 7.48. The molecule has 0 spiro atoms. The van der Waals surface area contributed by atoms with E-state index in [1.165, 1.54) is 17.0 Å². The number of hydrazone groups is 1. The van der Waals surface area contributed by atoms with E-state index in [0.29, 0.717) is 13.0 Å². The van der Waals surface area contributed by atoms with Gasteiger partial charge < -0.3 is 10.6 Å². The summed E-state index contributed by atoms with van der Waals surface area (Å²) < 4.78 is 0. The molecule has 0 fully saturated rings. The number of hydrogen-bond donors (Lipinski definition) is 1. The SMILES string of the molecule is CN1N=C(C(=O)N2Cc3ccccc3CC2C(N)=O)CCC1=O. The first-order chi connectivity index (χ1) is 11.0. The van der Waals surface area contributed by atoms with Gasteiger partial charge in [0.25, 0.3) is 5.91 Å². The fourth-order valence-corrected chi connectivity index (χ4v) is 2.98. The van der Waals surface area contributed by atoms with Crippen LogP contribution in [0.5, 0.6) is 0 Å². The van der Waals surface area contributed by atoms with Crippen molar-refractivity contribution in [3.05, 3.63) is 35.4 Å². The highest BCUT2D eigenvalue weighted by Gasteiger charge is 2.36. The van der Waals surface area contributed by atoms with Crippen LogP contribution in [0.4, 0.5) is 0 Å². The average molecular weight is 314 g/mol. The van der Waals surface area contributed by atoms with Gasteiger partial charge in [-0.2, -0.15) is 5.10 Å². The number of nitrogens with zero attached hydrogens (tertiary/aromatic N) is 3. The molecule has 3 amide bonds. The van der Waals surface area contributed by atoms with Crippen LogP contribution in [0.15, 0.2) is 29.4 Å². The van der Waals surface area contributed by atoms with Gasteiger partial charge in [-0.3, -0.25) is 14.4 Å². The van der Waals surface area contributed by atoms with Crippen molar-refractivity contribution in [2.24, 2.45) is 10.8 Å². The van der Waals surface area contributed by atoms with Gasteiger partial charge in [0.05, 0.1) is 0 Å². The van der Waals surface area contributed by atoms with Gasteiger partial charge in [0.15, 0.2) is 0 Å². The van der Waals surface area contributed by atoms with E-state index in [0.717, 1.165) is 11.1 Å². The van der Waals surface area contributed by atoms with Gasteiger partial charge in [0, 0.05) is 32.9 Å². The smallest absolute Gasteiger partial charge is 0.271 e. The second kappa shape index (κ2) is 5.83. The van der Waals surface area contributed by atoms with E-state index in [9.17, 15) is 14.4 Å². The summed E-state index contributed by atoms with van der Waals surface area (Å²) in [7, 11) is 1.52. The summed E-state index contributed by atoms with van der Waals surface area (Å²) in [6, 6.07) is 6.99. The van der Waals surface area contributed by atoms with Gasteiger partial charge in [-0.25, -0.2) is 5.01 Å². The summed E-state index contributed by atoms with van der Waals surface area (Å²) in [5.74, 6) is -0.992. The number of fused-ring (bicyclic) bond motifs is 1. The number of rotatable bonds is 2. The van der Waals surface area contributed by atoms with E-state index < -0.39 is 11.9 Å². The quantitative estimate of drug-likeness (QED) is 0.834. The molecular weight excluding hydrogens is 296 g/mol. The standard InChI is InChI=1S/C16H18N4O3/c1-19-14(21)7-6-12(18-19)16(23)20-9-11-5-3-2-4-10(11)8-13(20)15(17)22/h2-5,13H,6-9H2,1H3,(H2,17,22). The van der Waals surface area contributed by atoms with Crippen molar-refractivity contribution >= 4 is 23.4 Å². The van der Waals surface area contributed by atoms with E-state index in [2.05, 4.69) is 5.10 Å². The average Bonchev–Trinajstić information content (AvgIpc) is 2.55. The van der Waals surface area contributed by atoms with Crippen LogP contribution in [0.2, 0.25) is 0 Å². The Kier molecular flexibility index (Phi) is 3.85. The molecule has 2 N–H and O–H groups in total. The van der Waals surface area contributed by atoms with Crippen molar-refractivity contribution in [3.8, 4) is 0 Å². The Morgan fingerprint density at radius 1 is 1.22 bits per heavy atom. The lowest BCUT2D eigenvalue weighted by molar-refractivity contribution is -0.136. The minimum absolute atomic E-state index is 0.128. The van der Waals surface area contributed by atoms with Crippen LogP contribution in [0.1, 0.15) is 24.0 Å². The van der Waals surface area contributed by atoms with Crippen LogP contribution >= 0.6 is 0 Å². The predicted octanol–water partition coefficient (Wildman–Crippen LogP) is 0.0334. The molecule has 7 heteroatoms. The molecule has 0 saturated heterocycles. The van der Waals surface area contributed by atoms with Gasteiger partial charge in [0.1, 0.15) is 11.8 Å². The normalized spacial score (nSPS) is 20.8. The molecule has 1 aromatic carbocycles. The fourth-order valence-electron chi connectivity index (χ4n) is 2.98. The minimum Gasteiger partial charge on any atom is -0.368 e. The van der Waals surface area contributed by atoms with E-state index in [1.54, 1.807) is 0 Å². The summed E-state index contributed by atoms with van der Waals surface area (Å²) in [6.07, 6.45) is 0.928. The molecule has 1 atom stereocenters. The molecule has 23 heavy (non-hydrogen) atoms. The first kappa shape index (κ1) is 15.2. The molecule has 0 radical (unpaired) electrons. The van der Waals surface area contributed by atoms with E-state index >= 15 is 0 Å². The highest BCUT2D eigenvalue weighted by molar-refractivity contribution is 6.39. The van der Waals surface area contributed by atoms with Crippen LogP contribution in [0.3, 0.4) is 0 Å². The predicted molar refractivity (Wildman–Crippen MR) is 83.1 cm³/mol. The summed E-state index contributed by atoms with van der Waals surface area (Å²) in [4.78, 5) is 37.5. The fraction of sp³-hybridized carbons (Fsp3) is 0.375. The molecule has 3 rings (SSSR count). The maximum absolute atomic E-state index is 12.8. The van der Waals surface area contributed by atoms with Crippen LogP contribution in [-0.4, -0.2) is 46.4 Å². The maximum atomic E-state index is 12.8. The third kappa shape index (κ3) is 2.81. The van der Waals surface area contributed by atoms with Crippen molar-refractivity contribution < 1.29 is 14.4 Å². The molecular formula is C16H18N4O3. The van der Waals surface area contributed by atoms with Gasteiger partial charge in [-0.15, -0.1) is 0 Å². The summed E-state index contributed by atoms with van der Waals surface area (Å²) in [5.41, 5.74) is 7.81. The Morgan fingerprint density at radius 2 is 1.91 bits per heavy atom. The van der Waals surface area contributed by atoms with Crippen molar-refractivity contribution in [1.82, 2.24) is 9.91 Å². The number of benzene rings is 1. The second-order valence-corrected chi connectivity index (χ2v) is 5.79. The zero-order valence-electron chi connectivity index (χ0n) is 12.9. The Hall–Kier alpha value is -2.70. The Bertz CT molecular complexity index is 713. The molecule has 2 aliphatic heterocycles. The van der Waals surface area contributed by atoms with Gasteiger partial charge >= 0.3 is 0 Å². The zero-order chi connectivity index (χ0) is 16.6. The van der Waals surface area contributed by atoms with Gasteiger partial charge in [0.2, 0.25) is 11.8 Å². The van der Waals surface area contributed by atoms with E-state index in [-0.39, 0.29) is 30.4 Å². The molecule has 1 aromatic rings. The van der Waals surface area contributed by atoms with Crippen LogP contribution in [-0.2, 0) is 27.3 Å². The van der Waals surface area contributed by atoms with Crippen molar-refractivity contribution in [1.29, 1.82) is 0 Å². The number of amides is 3. The van der Waals surface area contributed by atoms with E-state index in [1.807, 2.05) is 24.3 Å². The highest BCUT2D eigenvalue weighted by Crippen LogP contribution is 2.24. The summed E-state index contributed by atoms with van der Waals surface area (Å²) in [5, 5.41) is 5.22. The van der Waals surface area contributed by atoms with Crippen molar-refractivity contribution in [3.63, 3.8) is 0 Å². The molecule has 2 heterocycles. The number of hydrogen-bond acceptors (Lipinski definition) is 4. The van der Waals surface area contributed by atoms with Crippen LogP contribution in [0.25, 0.3) is 0 Å². The monoisotopic (exact) mass is 314 g/mol. The molecule has 0 bridgehead atoms. The molecule has 7 nitrogen and oxygen atoms in total. The molecule has 0 aliphatic carbocycles. The topological polar surface area (TPSA) is 96.1 Å². The first-order valence-electron chi connectivity index (χ1n) is 7.48. The third-order valence-corrected chi connectivity index (χ3v) is 4.29.